The third kappa shape index (κ3) is 4.82. The SMILES string of the molecule is CCCC[Te]C(=Nc1ccccc1)c1ccccc1. The van der Waals surface area contributed by atoms with Gasteiger partial charge < -0.3 is 0 Å². The molecule has 1 nitrogen and oxygen atoms in total. The quantitative estimate of drug-likeness (QED) is 0.400. The third-order valence-electron chi connectivity index (χ3n) is 2.74. The number of benzene rings is 2. The average molecular weight is 365 g/mol. The van der Waals surface area contributed by atoms with Crippen LogP contribution in [0.5, 0.6) is 0 Å². The van der Waals surface area contributed by atoms with Gasteiger partial charge in [0.1, 0.15) is 0 Å². The standard InChI is InChI=1S/C17H19NTe/c1-2-3-14-19-17(15-10-6-4-7-11-15)18-16-12-8-5-9-13-16/h4-13H,2-3,14H2,1H3. The fourth-order valence-electron chi connectivity index (χ4n) is 1.69. The maximum absolute atomic E-state index is 4.88. The molecule has 0 fully saturated rings. The van der Waals surface area contributed by atoms with Gasteiger partial charge in [-0.25, -0.2) is 0 Å². The Bertz CT molecular complexity index is 505. The Morgan fingerprint density at radius 3 is 2.21 bits per heavy atom. The van der Waals surface area contributed by atoms with E-state index < -0.39 is 0 Å². The van der Waals surface area contributed by atoms with E-state index in [0.717, 1.165) is 5.69 Å². The van der Waals surface area contributed by atoms with Crippen molar-refractivity contribution >= 4 is 30.4 Å². The monoisotopic (exact) mass is 367 g/mol. The molecule has 0 atom stereocenters. The van der Waals surface area contributed by atoms with E-state index >= 15 is 0 Å². The topological polar surface area (TPSA) is 12.4 Å². The van der Waals surface area contributed by atoms with Crippen LogP contribution in [0.25, 0.3) is 0 Å². The molecule has 0 aliphatic heterocycles. The minimum atomic E-state index is -0.193. The van der Waals surface area contributed by atoms with Crippen LogP contribution in [-0.4, -0.2) is 24.7 Å². The molecule has 0 N–H and O–H groups in total. The van der Waals surface area contributed by atoms with Crippen LogP contribution in [0.15, 0.2) is 65.7 Å². The minimum absolute atomic E-state index is 0.193. The molecule has 0 saturated heterocycles. The van der Waals surface area contributed by atoms with E-state index in [1.165, 1.54) is 26.6 Å². The number of rotatable bonds is 6. The first kappa shape index (κ1) is 14.3. The Hall–Kier alpha value is -1.10. The molecule has 0 aliphatic rings. The summed E-state index contributed by atoms with van der Waals surface area (Å²) < 4.78 is 2.66. The van der Waals surface area contributed by atoms with Gasteiger partial charge in [0.2, 0.25) is 0 Å². The summed E-state index contributed by atoms with van der Waals surface area (Å²) in [4.78, 5) is 4.88. The van der Waals surface area contributed by atoms with Crippen LogP contribution in [0, 0.1) is 0 Å². The van der Waals surface area contributed by atoms with Crippen molar-refractivity contribution in [3.63, 3.8) is 0 Å². The first-order valence-electron chi connectivity index (χ1n) is 6.72. The van der Waals surface area contributed by atoms with Crippen LogP contribution in [0.4, 0.5) is 5.69 Å². The molecule has 2 rings (SSSR count). The van der Waals surface area contributed by atoms with E-state index in [1.54, 1.807) is 0 Å². The van der Waals surface area contributed by atoms with Crippen LogP contribution in [0.3, 0.4) is 0 Å². The number of hydrogen-bond acceptors (Lipinski definition) is 1. The molecule has 2 heteroatoms. The summed E-state index contributed by atoms with van der Waals surface area (Å²) >= 11 is -0.193. The zero-order valence-corrected chi connectivity index (χ0v) is 13.6. The van der Waals surface area contributed by atoms with E-state index in [4.69, 9.17) is 4.99 Å². The van der Waals surface area contributed by atoms with E-state index in [1.807, 2.05) is 18.2 Å². The fraction of sp³-hybridized carbons (Fsp3) is 0.235. The average Bonchev–Trinajstić information content (AvgIpc) is 2.48. The molecule has 0 aromatic heterocycles. The van der Waals surface area contributed by atoms with Crippen LogP contribution >= 0.6 is 0 Å². The number of unbranched alkanes of at least 4 members (excludes halogenated alkanes) is 1. The molecule has 0 bridgehead atoms. The Balaban J connectivity index is 2.22. The zero-order chi connectivity index (χ0) is 13.3. The van der Waals surface area contributed by atoms with Crippen molar-refractivity contribution in [2.75, 3.05) is 0 Å². The van der Waals surface area contributed by atoms with Crippen molar-refractivity contribution in [2.24, 2.45) is 4.99 Å². The number of hydrogen-bond donors (Lipinski definition) is 0. The summed E-state index contributed by atoms with van der Waals surface area (Å²) in [6.07, 6.45) is 2.60. The molecule has 0 radical (unpaired) electrons. The predicted octanol–water partition coefficient (Wildman–Crippen LogP) is 4.69. The molecule has 2 aromatic rings. The molecule has 0 amide bonds. The van der Waals surface area contributed by atoms with Gasteiger partial charge in [0, 0.05) is 0 Å². The van der Waals surface area contributed by atoms with Gasteiger partial charge in [0.15, 0.2) is 0 Å². The molecule has 0 aliphatic carbocycles. The molecule has 19 heavy (non-hydrogen) atoms. The van der Waals surface area contributed by atoms with Crippen LogP contribution in [0.2, 0.25) is 4.47 Å². The van der Waals surface area contributed by atoms with Crippen LogP contribution in [0.1, 0.15) is 25.3 Å². The van der Waals surface area contributed by atoms with Crippen molar-refractivity contribution in [1.82, 2.24) is 0 Å². The van der Waals surface area contributed by atoms with Crippen molar-refractivity contribution in [3.05, 3.63) is 66.2 Å². The van der Waals surface area contributed by atoms with E-state index in [9.17, 15) is 0 Å². The van der Waals surface area contributed by atoms with Gasteiger partial charge in [-0.2, -0.15) is 0 Å². The number of nitrogens with zero attached hydrogens (tertiary/aromatic N) is 1. The van der Waals surface area contributed by atoms with E-state index in [-0.39, 0.29) is 20.9 Å². The van der Waals surface area contributed by atoms with E-state index in [2.05, 4.69) is 49.4 Å². The molecule has 0 saturated carbocycles. The van der Waals surface area contributed by atoms with Gasteiger partial charge in [-0.15, -0.1) is 0 Å². The second kappa shape index (κ2) is 8.15. The first-order valence-corrected chi connectivity index (χ1v) is 9.53. The normalized spacial score (nSPS) is 11.5. The Labute approximate surface area is 125 Å². The Morgan fingerprint density at radius 2 is 1.58 bits per heavy atom. The summed E-state index contributed by atoms with van der Waals surface area (Å²) in [7, 11) is 0. The van der Waals surface area contributed by atoms with Crippen molar-refractivity contribution in [3.8, 4) is 0 Å². The van der Waals surface area contributed by atoms with Gasteiger partial charge in [-0.1, -0.05) is 0 Å². The summed E-state index contributed by atoms with van der Waals surface area (Å²) in [6, 6.07) is 20.9. The van der Waals surface area contributed by atoms with Gasteiger partial charge in [0.05, 0.1) is 0 Å². The predicted molar refractivity (Wildman–Crippen MR) is 84.6 cm³/mol. The summed E-state index contributed by atoms with van der Waals surface area (Å²) in [5.74, 6) is 0. The van der Waals surface area contributed by atoms with E-state index in [0.29, 0.717) is 0 Å². The van der Waals surface area contributed by atoms with Gasteiger partial charge in [-0.05, 0) is 0 Å². The number of para-hydroxylation sites is 1. The molecular weight excluding hydrogens is 346 g/mol. The molecule has 0 unspecified atom stereocenters. The summed E-state index contributed by atoms with van der Waals surface area (Å²) in [5, 5.41) is 0. The van der Waals surface area contributed by atoms with Gasteiger partial charge >= 0.3 is 126 Å². The fourth-order valence-corrected chi connectivity index (χ4v) is 4.83. The maximum atomic E-state index is 4.88. The van der Waals surface area contributed by atoms with Gasteiger partial charge in [0.25, 0.3) is 0 Å². The van der Waals surface area contributed by atoms with Crippen molar-refractivity contribution in [2.45, 2.75) is 24.2 Å². The van der Waals surface area contributed by atoms with Crippen molar-refractivity contribution < 1.29 is 0 Å². The second-order valence-electron chi connectivity index (χ2n) is 4.32. The first-order chi connectivity index (χ1) is 9.40. The summed E-state index contributed by atoms with van der Waals surface area (Å²) in [5.41, 5.74) is 2.37. The molecule has 0 spiro atoms. The van der Waals surface area contributed by atoms with Gasteiger partial charge in [-0.3, -0.25) is 0 Å². The Kier molecular flexibility index (Phi) is 6.14. The molecule has 98 valence electrons. The zero-order valence-electron chi connectivity index (χ0n) is 11.3. The molecule has 2 aromatic carbocycles. The Morgan fingerprint density at radius 1 is 0.947 bits per heavy atom. The molecular formula is C17H19NTe. The second-order valence-corrected chi connectivity index (χ2v) is 7.41. The summed E-state index contributed by atoms with van der Waals surface area (Å²) in [6.45, 7) is 2.25. The van der Waals surface area contributed by atoms with Crippen molar-refractivity contribution in [1.29, 1.82) is 0 Å². The van der Waals surface area contributed by atoms with Crippen LogP contribution < -0.4 is 0 Å². The third-order valence-corrected chi connectivity index (χ3v) is 5.86. The molecule has 0 heterocycles. The number of aliphatic imine (C=N–C) groups is 1. The van der Waals surface area contributed by atoms with Crippen LogP contribution in [-0.2, 0) is 0 Å².